The van der Waals surface area contributed by atoms with E-state index in [1.807, 2.05) is 6.07 Å². The van der Waals surface area contributed by atoms with E-state index < -0.39 is 0 Å². The second kappa shape index (κ2) is 6.58. The number of methoxy groups -OCH3 is 1. The molecule has 106 valence electrons. The second-order valence-electron chi connectivity index (χ2n) is 5.37. The molecule has 2 nitrogen and oxygen atoms in total. The zero-order valence-electron chi connectivity index (χ0n) is 12.5. The van der Waals surface area contributed by atoms with Crippen molar-refractivity contribution in [3.8, 4) is 5.75 Å². The summed E-state index contributed by atoms with van der Waals surface area (Å²) >= 11 is 0. The molecule has 0 aromatic heterocycles. The molecule has 0 bridgehead atoms. The van der Waals surface area contributed by atoms with Crippen molar-refractivity contribution in [1.82, 2.24) is 0 Å². The topological polar surface area (TPSA) is 35.2 Å². The van der Waals surface area contributed by atoms with Gasteiger partial charge in [-0.2, -0.15) is 0 Å². The third-order valence-electron chi connectivity index (χ3n) is 3.67. The third kappa shape index (κ3) is 3.40. The zero-order valence-corrected chi connectivity index (χ0v) is 12.5. The van der Waals surface area contributed by atoms with Crippen molar-refractivity contribution in [3.63, 3.8) is 0 Å². The first-order valence-corrected chi connectivity index (χ1v) is 7.04. The monoisotopic (exact) mass is 269 g/mol. The van der Waals surface area contributed by atoms with Gasteiger partial charge in [0.2, 0.25) is 0 Å². The largest absolute Gasteiger partial charge is 0.496 e. The van der Waals surface area contributed by atoms with E-state index in [4.69, 9.17) is 10.5 Å². The standard InChI is InChI=1S/C18H23NO/c1-13-5-4-6-15(9-13)11-16(12-19)17-10-14(2)7-8-18(17)20-3/h4-10,16H,11-12,19H2,1-3H3. The fourth-order valence-electron chi connectivity index (χ4n) is 2.62. The number of benzene rings is 2. The highest BCUT2D eigenvalue weighted by molar-refractivity contribution is 5.40. The predicted molar refractivity (Wildman–Crippen MR) is 84.4 cm³/mol. The maximum Gasteiger partial charge on any atom is 0.122 e. The SMILES string of the molecule is COc1ccc(C)cc1C(CN)Cc1cccc(C)c1. The summed E-state index contributed by atoms with van der Waals surface area (Å²) in [5, 5.41) is 0. The summed E-state index contributed by atoms with van der Waals surface area (Å²) in [7, 11) is 1.72. The zero-order chi connectivity index (χ0) is 14.5. The van der Waals surface area contributed by atoms with E-state index >= 15 is 0 Å². The minimum Gasteiger partial charge on any atom is -0.496 e. The van der Waals surface area contributed by atoms with Crippen molar-refractivity contribution >= 4 is 0 Å². The molecule has 0 saturated heterocycles. The summed E-state index contributed by atoms with van der Waals surface area (Å²) in [6, 6.07) is 14.9. The highest BCUT2D eigenvalue weighted by Gasteiger charge is 2.15. The van der Waals surface area contributed by atoms with Crippen LogP contribution in [0.1, 0.15) is 28.2 Å². The van der Waals surface area contributed by atoms with E-state index in [1.54, 1.807) is 7.11 Å². The van der Waals surface area contributed by atoms with E-state index in [0.717, 1.165) is 12.2 Å². The maximum absolute atomic E-state index is 6.01. The molecule has 0 amide bonds. The number of aryl methyl sites for hydroxylation is 2. The number of ether oxygens (including phenoxy) is 1. The Morgan fingerprint density at radius 3 is 2.45 bits per heavy atom. The Hall–Kier alpha value is -1.80. The predicted octanol–water partition coefficient (Wildman–Crippen LogP) is 3.60. The number of hydrogen-bond acceptors (Lipinski definition) is 2. The molecule has 2 heteroatoms. The van der Waals surface area contributed by atoms with Crippen molar-refractivity contribution in [2.75, 3.05) is 13.7 Å². The highest BCUT2D eigenvalue weighted by Crippen LogP contribution is 2.29. The van der Waals surface area contributed by atoms with Gasteiger partial charge in [-0.3, -0.25) is 0 Å². The van der Waals surface area contributed by atoms with Gasteiger partial charge in [0.25, 0.3) is 0 Å². The van der Waals surface area contributed by atoms with Crippen LogP contribution in [0.25, 0.3) is 0 Å². The lowest BCUT2D eigenvalue weighted by Crippen LogP contribution is -2.16. The van der Waals surface area contributed by atoms with Crippen molar-refractivity contribution in [2.45, 2.75) is 26.2 Å². The molecule has 0 radical (unpaired) electrons. The van der Waals surface area contributed by atoms with Crippen LogP contribution in [0.4, 0.5) is 0 Å². The van der Waals surface area contributed by atoms with Crippen LogP contribution in [0.5, 0.6) is 5.75 Å². The quantitative estimate of drug-likeness (QED) is 0.900. The number of nitrogens with two attached hydrogens (primary N) is 1. The average Bonchev–Trinajstić information content (AvgIpc) is 2.45. The van der Waals surface area contributed by atoms with Gasteiger partial charge in [0.15, 0.2) is 0 Å². The molecule has 2 N–H and O–H groups in total. The molecule has 20 heavy (non-hydrogen) atoms. The third-order valence-corrected chi connectivity index (χ3v) is 3.67. The van der Waals surface area contributed by atoms with Crippen LogP contribution < -0.4 is 10.5 Å². The van der Waals surface area contributed by atoms with Crippen LogP contribution in [0.2, 0.25) is 0 Å². The fourth-order valence-corrected chi connectivity index (χ4v) is 2.62. The van der Waals surface area contributed by atoms with Crippen molar-refractivity contribution in [1.29, 1.82) is 0 Å². The van der Waals surface area contributed by atoms with Crippen molar-refractivity contribution in [3.05, 3.63) is 64.7 Å². The van der Waals surface area contributed by atoms with E-state index in [1.165, 1.54) is 22.3 Å². The maximum atomic E-state index is 6.01. The normalized spacial score (nSPS) is 12.2. The van der Waals surface area contributed by atoms with Crippen LogP contribution >= 0.6 is 0 Å². The van der Waals surface area contributed by atoms with Crippen LogP contribution in [-0.4, -0.2) is 13.7 Å². The Labute approximate surface area is 121 Å². The van der Waals surface area contributed by atoms with Crippen LogP contribution in [0, 0.1) is 13.8 Å². The highest BCUT2D eigenvalue weighted by atomic mass is 16.5. The summed E-state index contributed by atoms with van der Waals surface area (Å²) in [6.07, 6.45) is 0.942. The van der Waals surface area contributed by atoms with Gasteiger partial charge in [-0.1, -0.05) is 47.5 Å². The van der Waals surface area contributed by atoms with Crippen LogP contribution in [0.3, 0.4) is 0 Å². The minimum absolute atomic E-state index is 0.284. The van der Waals surface area contributed by atoms with E-state index in [9.17, 15) is 0 Å². The van der Waals surface area contributed by atoms with E-state index in [0.29, 0.717) is 6.54 Å². The smallest absolute Gasteiger partial charge is 0.122 e. The first-order chi connectivity index (χ1) is 9.63. The summed E-state index contributed by atoms with van der Waals surface area (Å²) in [5.41, 5.74) is 11.1. The molecular formula is C18H23NO. The Kier molecular flexibility index (Phi) is 4.80. The summed E-state index contributed by atoms with van der Waals surface area (Å²) < 4.78 is 5.49. The molecule has 0 aliphatic carbocycles. The van der Waals surface area contributed by atoms with Crippen LogP contribution in [-0.2, 0) is 6.42 Å². The average molecular weight is 269 g/mol. The van der Waals surface area contributed by atoms with E-state index in [2.05, 4.69) is 50.2 Å². The summed E-state index contributed by atoms with van der Waals surface area (Å²) in [5.74, 6) is 1.21. The Morgan fingerprint density at radius 2 is 1.80 bits per heavy atom. The lowest BCUT2D eigenvalue weighted by molar-refractivity contribution is 0.405. The molecule has 2 aromatic rings. The second-order valence-corrected chi connectivity index (χ2v) is 5.37. The molecule has 2 aromatic carbocycles. The lowest BCUT2D eigenvalue weighted by atomic mass is 9.90. The molecule has 1 atom stereocenters. The van der Waals surface area contributed by atoms with Gasteiger partial charge >= 0.3 is 0 Å². The molecule has 0 heterocycles. The molecular weight excluding hydrogens is 246 g/mol. The molecule has 2 rings (SSSR count). The molecule has 0 spiro atoms. The first kappa shape index (κ1) is 14.6. The van der Waals surface area contributed by atoms with Gasteiger partial charge in [-0.25, -0.2) is 0 Å². The first-order valence-electron chi connectivity index (χ1n) is 7.04. The molecule has 0 aliphatic heterocycles. The van der Waals surface area contributed by atoms with Crippen molar-refractivity contribution < 1.29 is 4.74 Å². The minimum atomic E-state index is 0.284. The summed E-state index contributed by atoms with van der Waals surface area (Å²) in [4.78, 5) is 0. The molecule has 0 saturated carbocycles. The van der Waals surface area contributed by atoms with Crippen molar-refractivity contribution in [2.24, 2.45) is 5.73 Å². The molecule has 0 fully saturated rings. The van der Waals surface area contributed by atoms with Gasteiger partial charge in [-0.05, 0) is 44.0 Å². The van der Waals surface area contributed by atoms with Gasteiger partial charge in [0, 0.05) is 5.92 Å². The van der Waals surface area contributed by atoms with Gasteiger partial charge in [-0.15, -0.1) is 0 Å². The Morgan fingerprint density at radius 1 is 1.05 bits per heavy atom. The van der Waals surface area contributed by atoms with Gasteiger partial charge in [0.1, 0.15) is 5.75 Å². The molecule has 1 unspecified atom stereocenters. The number of rotatable bonds is 5. The van der Waals surface area contributed by atoms with E-state index in [-0.39, 0.29) is 5.92 Å². The Bertz CT molecular complexity index is 577. The van der Waals surface area contributed by atoms with Gasteiger partial charge < -0.3 is 10.5 Å². The van der Waals surface area contributed by atoms with Gasteiger partial charge in [0.05, 0.1) is 7.11 Å². The summed E-state index contributed by atoms with van der Waals surface area (Å²) in [6.45, 7) is 4.84. The Balaban J connectivity index is 2.30. The molecule has 0 aliphatic rings. The fraction of sp³-hybridized carbons (Fsp3) is 0.333. The number of hydrogen-bond donors (Lipinski definition) is 1. The lowest BCUT2D eigenvalue weighted by Gasteiger charge is -2.19. The van der Waals surface area contributed by atoms with Crippen LogP contribution in [0.15, 0.2) is 42.5 Å².